The molecule has 1 aliphatic carbocycles. The predicted octanol–water partition coefficient (Wildman–Crippen LogP) is 6.98. The van der Waals surface area contributed by atoms with E-state index in [-0.39, 0.29) is 42.7 Å². The first-order chi connectivity index (χ1) is 31.7. The molecule has 3 aliphatic rings. The van der Waals surface area contributed by atoms with Crippen LogP contribution in [0.4, 0.5) is 0 Å². The number of carbonyl (C=O) groups excluding carboxylic acids is 5. The number of hydrogen-bond donors (Lipinski definition) is 3. The van der Waals surface area contributed by atoms with Crippen LogP contribution in [0.5, 0.6) is 0 Å². The summed E-state index contributed by atoms with van der Waals surface area (Å²) in [6.07, 6.45) is 17.9. The average molecular weight is 942 g/mol. The van der Waals surface area contributed by atoms with Crippen LogP contribution >= 0.6 is 0 Å². The summed E-state index contributed by atoms with van der Waals surface area (Å²) < 4.78 is 28.0. The van der Waals surface area contributed by atoms with Gasteiger partial charge in [0.2, 0.25) is 5.79 Å². The first-order valence-electron chi connectivity index (χ1n) is 24.5. The fourth-order valence-corrected chi connectivity index (χ4v) is 9.71. The highest BCUT2D eigenvalue weighted by Gasteiger charge is 2.53. The number of Topliss-reactive ketones (excluding diaryl/α,β-unsaturated/α-hetero) is 2. The number of aliphatic hydroxyl groups is 3. The minimum atomic E-state index is -2.34. The minimum absolute atomic E-state index is 0.0229. The fraction of sp³-hybridized carbons (Fsp3) is 0.717. The molecule has 2 aliphatic heterocycles. The normalized spacial score (nSPS) is 28.8. The van der Waals surface area contributed by atoms with Crippen molar-refractivity contribution in [3.8, 4) is 0 Å². The van der Waals surface area contributed by atoms with Crippen LogP contribution < -0.4 is 0 Å². The number of rotatable bonds is 25. The van der Waals surface area contributed by atoms with E-state index in [2.05, 4.69) is 6.92 Å². The summed E-state index contributed by atoms with van der Waals surface area (Å²) in [4.78, 5) is 67.6. The molecule has 67 heavy (non-hydrogen) atoms. The zero-order chi connectivity index (χ0) is 50.0. The van der Waals surface area contributed by atoms with E-state index in [9.17, 15) is 39.3 Å². The minimum Gasteiger partial charge on any atom is -0.464 e. The van der Waals surface area contributed by atoms with Crippen molar-refractivity contribution in [3.63, 3.8) is 0 Å². The maximum atomic E-state index is 13.6. The number of ketones is 3. The zero-order valence-corrected chi connectivity index (χ0v) is 42.2. The van der Waals surface area contributed by atoms with E-state index in [1.165, 1.54) is 12.0 Å². The highest BCUT2D eigenvalue weighted by Crippen LogP contribution is 2.37. The molecule has 14 atom stereocenters. The summed E-state index contributed by atoms with van der Waals surface area (Å²) in [5.41, 5.74) is 1.37. The first kappa shape index (κ1) is 57.7. The number of carbonyl (C=O) groups is 5. The number of amides is 1. The maximum Gasteiger partial charge on any atom is 0.328 e. The lowest BCUT2D eigenvalue weighted by Crippen LogP contribution is -2.60. The number of likely N-dealkylation sites (tertiary alicyclic amines) is 1. The van der Waals surface area contributed by atoms with Crippen molar-refractivity contribution >= 4 is 29.2 Å². The monoisotopic (exact) mass is 942 g/mol. The molecule has 1 amide bonds. The molecule has 3 N–H and O–H groups in total. The van der Waals surface area contributed by atoms with Crippen LogP contribution in [0, 0.1) is 35.5 Å². The topological polar surface area (TPSA) is 195 Å². The predicted molar refractivity (Wildman–Crippen MR) is 256 cm³/mol. The number of aliphatic hydroxyl groups excluding tert-OH is 2. The van der Waals surface area contributed by atoms with Crippen LogP contribution in [0.3, 0.4) is 0 Å². The Morgan fingerprint density at radius 2 is 1.58 bits per heavy atom. The van der Waals surface area contributed by atoms with Gasteiger partial charge in [-0.25, -0.2) is 4.79 Å². The Morgan fingerprint density at radius 3 is 2.24 bits per heavy atom. The van der Waals surface area contributed by atoms with E-state index >= 15 is 0 Å². The summed E-state index contributed by atoms with van der Waals surface area (Å²) in [7, 11) is 4.60. The summed E-state index contributed by atoms with van der Waals surface area (Å²) in [5.74, 6) is -6.18. The molecule has 0 aromatic rings. The number of hydrogen-bond acceptors (Lipinski definition) is 13. The first-order valence-corrected chi connectivity index (χ1v) is 24.5. The molecule has 378 valence electrons. The molecule has 14 nitrogen and oxygen atoms in total. The molecule has 2 heterocycles. The fourth-order valence-electron chi connectivity index (χ4n) is 9.71. The Labute approximate surface area is 400 Å². The molecule has 2 saturated heterocycles. The SMILES string of the molecule is CCOC(=O)[C@@H]1CCCCN1C(=O)C(=O)[C@]1(O)O[C@H](C[C@H](OC)/C(C)=C/C=C/C=C/[C@@H](C)C[C@@H](C)C(=O)[C@H](OC)[C@H](O)/C(C)=C/[C@@H](C)C(=O)/C=C/[C@H](C)C[C@@H]2CC[C@@H](O)[C@H](OC)C2)CC[C@H]1C. The number of ether oxygens (including phenoxy) is 5. The van der Waals surface area contributed by atoms with Crippen molar-refractivity contribution in [1.82, 2.24) is 4.90 Å². The summed E-state index contributed by atoms with van der Waals surface area (Å²) in [6, 6.07) is -0.876. The number of nitrogens with zero attached hydrogens (tertiary/aromatic N) is 1. The average Bonchev–Trinajstić information content (AvgIpc) is 3.30. The van der Waals surface area contributed by atoms with Crippen LogP contribution in [0.25, 0.3) is 0 Å². The maximum absolute atomic E-state index is 13.6. The lowest BCUT2D eigenvalue weighted by molar-refractivity contribution is -0.265. The zero-order valence-electron chi connectivity index (χ0n) is 42.2. The van der Waals surface area contributed by atoms with E-state index in [0.29, 0.717) is 56.4 Å². The highest BCUT2D eigenvalue weighted by molar-refractivity contribution is 6.39. The number of esters is 1. The van der Waals surface area contributed by atoms with E-state index < -0.39 is 77.8 Å². The summed E-state index contributed by atoms with van der Waals surface area (Å²) in [6.45, 7) is 15.0. The second-order valence-electron chi connectivity index (χ2n) is 19.5. The number of methoxy groups -OCH3 is 3. The molecule has 3 fully saturated rings. The Kier molecular flexibility index (Phi) is 24.2. The van der Waals surface area contributed by atoms with Gasteiger partial charge in [0, 0.05) is 52.0 Å². The number of allylic oxidation sites excluding steroid dienone is 8. The Morgan fingerprint density at radius 1 is 0.866 bits per heavy atom. The van der Waals surface area contributed by atoms with Crippen molar-refractivity contribution in [2.24, 2.45) is 35.5 Å². The highest BCUT2D eigenvalue weighted by atomic mass is 16.6. The molecule has 0 aromatic heterocycles. The Hall–Kier alpha value is -3.63. The van der Waals surface area contributed by atoms with Gasteiger partial charge in [0.25, 0.3) is 11.7 Å². The quantitative estimate of drug-likeness (QED) is 0.0279. The van der Waals surface area contributed by atoms with Gasteiger partial charge in [-0.1, -0.05) is 77.2 Å². The molecule has 0 unspecified atom stereocenters. The van der Waals surface area contributed by atoms with Crippen LogP contribution in [-0.2, 0) is 47.7 Å². The third-order valence-electron chi connectivity index (χ3n) is 14.0. The van der Waals surface area contributed by atoms with Crippen LogP contribution in [0.15, 0.2) is 59.8 Å². The van der Waals surface area contributed by atoms with Crippen molar-refractivity contribution in [3.05, 3.63) is 59.8 Å². The Bertz CT molecular complexity index is 1790. The van der Waals surface area contributed by atoms with E-state index in [4.69, 9.17) is 23.7 Å². The van der Waals surface area contributed by atoms with Crippen molar-refractivity contribution < 1.29 is 63.0 Å². The van der Waals surface area contributed by atoms with E-state index in [1.54, 1.807) is 54.1 Å². The van der Waals surface area contributed by atoms with Crippen LogP contribution in [0.2, 0.25) is 0 Å². The summed E-state index contributed by atoms with van der Waals surface area (Å²) >= 11 is 0. The molecule has 0 aromatic carbocycles. The summed E-state index contributed by atoms with van der Waals surface area (Å²) in [5, 5.41) is 32.9. The van der Waals surface area contributed by atoms with Crippen LogP contribution in [0.1, 0.15) is 126 Å². The number of piperidine rings is 1. The van der Waals surface area contributed by atoms with Crippen molar-refractivity contribution in [2.45, 2.75) is 174 Å². The van der Waals surface area contributed by atoms with Gasteiger partial charge >= 0.3 is 5.97 Å². The van der Waals surface area contributed by atoms with Gasteiger partial charge in [-0.3, -0.25) is 19.2 Å². The second kappa shape index (κ2) is 28.1. The molecule has 3 rings (SSSR count). The van der Waals surface area contributed by atoms with E-state index in [1.807, 2.05) is 57.2 Å². The lowest BCUT2D eigenvalue weighted by atomic mass is 9.80. The molecule has 0 spiro atoms. The van der Waals surface area contributed by atoms with Gasteiger partial charge in [-0.2, -0.15) is 0 Å². The Balaban J connectivity index is 1.52. The van der Waals surface area contributed by atoms with E-state index in [0.717, 1.165) is 31.3 Å². The van der Waals surface area contributed by atoms with Gasteiger partial charge in [-0.05, 0) is 120 Å². The molecule has 14 heteroatoms. The van der Waals surface area contributed by atoms with Crippen LogP contribution in [-0.4, -0.2) is 132 Å². The largest absolute Gasteiger partial charge is 0.464 e. The molecule has 1 saturated carbocycles. The third kappa shape index (κ3) is 16.8. The second-order valence-corrected chi connectivity index (χ2v) is 19.5. The standard InChI is InChI=1S/C53H83NO13/c1-12-66-52(61)42-20-16-17-27-54(42)51(60)50(59)53(62)39(8)22-24-41(67-53)32-45(63-9)35(4)19-15-13-14-18-33(2)28-37(6)47(57)49(65-11)48(58)38(7)30-36(5)43(55)25-21-34(3)29-40-23-26-44(56)46(31-40)64-10/h13-15,18-19,21,25,30,33-34,36-37,39-42,44-46,48-49,56,58,62H,12,16-17,20,22-24,26-29,31-32H2,1-11H3/b15-13+,18-14+,25-21+,35-19+,38-30+/t33-,34+,36-,37-,39-,40+,41+,42+,44-,45+,46-,48-,49+,53-/m1/s1. The molecular weight excluding hydrogens is 859 g/mol. The van der Waals surface area contributed by atoms with Crippen molar-refractivity contribution in [2.75, 3.05) is 34.5 Å². The molecule has 0 radical (unpaired) electrons. The van der Waals surface area contributed by atoms with Gasteiger partial charge in [-0.15, -0.1) is 0 Å². The third-order valence-corrected chi connectivity index (χ3v) is 14.0. The lowest BCUT2D eigenvalue weighted by Gasteiger charge is -2.42. The molecular formula is C53H83NO13. The van der Waals surface area contributed by atoms with Gasteiger partial charge in [0.15, 0.2) is 11.6 Å². The van der Waals surface area contributed by atoms with Gasteiger partial charge in [0.1, 0.15) is 18.2 Å². The van der Waals surface area contributed by atoms with Crippen molar-refractivity contribution in [1.29, 1.82) is 0 Å². The molecule has 0 bridgehead atoms. The van der Waals surface area contributed by atoms with Gasteiger partial charge < -0.3 is 43.9 Å². The van der Waals surface area contributed by atoms with Gasteiger partial charge in [0.05, 0.1) is 31.0 Å². The smallest absolute Gasteiger partial charge is 0.328 e.